The largest absolute Gasteiger partial charge is 0.573 e. The third kappa shape index (κ3) is 3.37. The van der Waals surface area contributed by atoms with Gasteiger partial charge in [-0.05, 0) is 30.7 Å². The van der Waals surface area contributed by atoms with E-state index >= 15 is 0 Å². The summed E-state index contributed by atoms with van der Waals surface area (Å²) in [6.07, 6.45) is -1.13. The average molecular weight is 284 g/mol. The summed E-state index contributed by atoms with van der Waals surface area (Å²) in [5.74, 6) is -0.429. The maximum absolute atomic E-state index is 12.2. The minimum atomic E-state index is -4.80. The van der Waals surface area contributed by atoms with Crippen molar-refractivity contribution in [3.8, 4) is 16.9 Å². The van der Waals surface area contributed by atoms with E-state index in [1.54, 1.807) is 10.9 Å². The van der Waals surface area contributed by atoms with Crippen LogP contribution in [0.3, 0.4) is 0 Å². The summed E-state index contributed by atoms with van der Waals surface area (Å²) in [7, 11) is 0. The van der Waals surface area contributed by atoms with Crippen molar-refractivity contribution in [3.05, 3.63) is 36.2 Å². The number of carbonyl (C=O) groups is 1. The molecule has 0 radical (unpaired) electrons. The number of nitrogens with zero attached hydrogens (tertiary/aromatic N) is 2. The quantitative estimate of drug-likeness (QED) is 0.809. The first kappa shape index (κ1) is 14.1. The van der Waals surface area contributed by atoms with Gasteiger partial charge in [-0.1, -0.05) is 0 Å². The Kier molecular flexibility index (Phi) is 3.78. The lowest BCUT2D eigenvalue weighted by Gasteiger charge is -2.10. The zero-order valence-electron chi connectivity index (χ0n) is 10.5. The first-order valence-electron chi connectivity index (χ1n) is 5.80. The smallest absolute Gasteiger partial charge is 0.406 e. The molecule has 2 aromatic rings. The van der Waals surface area contributed by atoms with Gasteiger partial charge in [0, 0.05) is 23.9 Å². The molecule has 0 unspecified atom stereocenters. The third-order valence-electron chi connectivity index (χ3n) is 2.59. The highest BCUT2D eigenvalue weighted by atomic mass is 19.4. The van der Waals surface area contributed by atoms with E-state index in [1.165, 1.54) is 18.3 Å². The fraction of sp³-hybridized carbons (Fsp3) is 0.231. The predicted octanol–water partition coefficient (Wildman–Crippen LogP) is 3.28. The van der Waals surface area contributed by atoms with Crippen LogP contribution in [0.4, 0.5) is 13.2 Å². The van der Waals surface area contributed by atoms with Crippen LogP contribution in [0.5, 0.6) is 5.75 Å². The van der Waals surface area contributed by atoms with Crippen LogP contribution in [0.25, 0.3) is 11.1 Å². The summed E-state index contributed by atoms with van der Waals surface area (Å²) >= 11 is 0. The Hall–Kier alpha value is -2.31. The van der Waals surface area contributed by atoms with Crippen molar-refractivity contribution < 1.29 is 22.7 Å². The lowest BCUT2D eigenvalue weighted by atomic mass is 10.1. The molecule has 0 saturated carbocycles. The van der Waals surface area contributed by atoms with Crippen LogP contribution >= 0.6 is 0 Å². The van der Waals surface area contributed by atoms with Crippen LogP contribution in [0.1, 0.15) is 17.3 Å². The van der Waals surface area contributed by atoms with E-state index in [-0.39, 0.29) is 5.56 Å². The van der Waals surface area contributed by atoms with Gasteiger partial charge in [-0.2, -0.15) is 5.10 Å². The minimum absolute atomic E-state index is 0.103. The molecule has 1 heterocycles. The second-order valence-corrected chi connectivity index (χ2v) is 4.04. The van der Waals surface area contributed by atoms with E-state index in [0.717, 1.165) is 6.07 Å². The second-order valence-electron chi connectivity index (χ2n) is 4.04. The fourth-order valence-electron chi connectivity index (χ4n) is 1.73. The molecular weight excluding hydrogens is 273 g/mol. The van der Waals surface area contributed by atoms with Gasteiger partial charge in [0.25, 0.3) is 0 Å². The van der Waals surface area contributed by atoms with E-state index in [9.17, 15) is 18.0 Å². The number of aldehydes is 1. The molecule has 1 aromatic carbocycles. The summed E-state index contributed by atoms with van der Waals surface area (Å²) in [6.45, 7) is 2.52. The van der Waals surface area contributed by atoms with Gasteiger partial charge in [-0.25, -0.2) is 0 Å². The zero-order chi connectivity index (χ0) is 14.8. The van der Waals surface area contributed by atoms with E-state index in [1.807, 2.05) is 6.92 Å². The Labute approximate surface area is 112 Å². The Balaban J connectivity index is 2.42. The summed E-state index contributed by atoms with van der Waals surface area (Å²) in [4.78, 5) is 10.8. The molecule has 2 rings (SSSR count). The first-order valence-corrected chi connectivity index (χ1v) is 5.80. The molecule has 0 spiro atoms. The van der Waals surface area contributed by atoms with Gasteiger partial charge in [0.05, 0.1) is 6.20 Å². The van der Waals surface area contributed by atoms with Crippen molar-refractivity contribution in [1.82, 2.24) is 9.78 Å². The summed E-state index contributed by atoms with van der Waals surface area (Å²) in [5, 5.41) is 4.04. The topological polar surface area (TPSA) is 44.1 Å². The van der Waals surface area contributed by atoms with Crippen LogP contribution in [0.2, 0.25) is 0 Å². The number of halogens is 3. The van der Waals surface area contributed by atoms with Crippen LogP contribution < -0.4 is 4.74 Å². The number of alkyl halides is 3. The molecular formula is C13H11F3N2O2. The lowest BCUT2D eigenvalue weighted by Crippen LogP contribution is -2.17. The maximum Gasteiger partial charge on any atom is 0.573 e. The predicted molar refractivity (Wildman–Crippen MR) is 65.4 cm³/mol. The van der Waals surface area contributed by atoms with Crippen LogP contribution in [0.15, 0.2) is 30.6 Å². The molecule has 1 aromatic heterocycles. The highest BCUT2D eigenvalue weighted by Crippen LogP contribution is 2.29. The lowest BCUT2D eigenvalue weighted by molar-refractivity contribution is -0.274. The molecule has 0 fully saturated rings. The molecule has 0 N–H and O–H groups in total. The number of carbonyl (C=O) groups excluding carboxylic acids is 1. The Morgan fingerprint density at radius 2 is 2.05 bits per heavy atom. The normalized spacial score (nSPS) is 11.4. The van der Waals surface area contributed by atoms with Gasteiger partial charge in [0.2, 0.25) is 0 Å². The van der Waals surface area contributed by atoms with Crippen molar-refractivity contribution in [2.75, 3.05) is 0 Å². The number of hydrogen-bond donors (Lipinski definition) is 0. The molecule has 0 aliphatic heterocycles. The van der Waals surface area contributed by atoms with Crippen LogP contribution in [-0.4, -0.2) is 22.4 Å². The summed E-state index contributed by atoms with van der Waals surface area (Å²) < 4.78 is 42.2. The van der Waals surface area contributed by atoms with Gasteiger partial charge in [-0.3, -0.25) is 9.48 Å². The van der Waals surface area contributed by atoms with E-state index in [0.29, 0.717) is 24.0 Å². The van der Waals surface area contributed by atoms with E-state index in [4.69, 9.17) is 0 Å². The highest BCUT2D eigenvalue weighted by Gasteiger charge is 2.31. The van der Waals surface area contributed by atoms with Gasteiger partial charge >= 0.3 is 6.36 Å². The molecule has 20 heavy (non-hydrogen) atoms. The number of ether oxygens (including phenoxy) is 1. The standard InChI is InChI=1S/C13H11F3N2O2/c1-2-18-7-11(6-17-18)10-3-9(8-19)4-12(5-10)20-13(14,15)16/h3-8H,2H2,1H3. The molecule has 106 valence electrons. The van der Waals surface area contributed by atoms with Crippen molar-refractivity contribution in [2.24, 2.45) is 0 Å². The van der Waals surface area contributed by atoms with Crippen molar-refractivity contribution in [3.63, 3.8) is 0 Å². The average Bonchev–Trinajstić information content (AvgIpc) is 2.85. The summed E-state index contributed by atoms with van der Waals surface area (Å²) in [6, 6.07) is 3.74. The van der Waals surface area contributed by atoms with Crippen molar-refractivity contribution >= 4 is 6.29 Å². The third-order valence-corrected chi connectivity index (χ3v) is 2.59. The number of aromatic nitrogens is 2. The van der Waals surface area contributed by atoms with Crippen LogP contribution in [0, 0.1) is 0 Å². The monoisotopic (exact) mass is 284 g/mol. The molecule has 0 aliphatic rings. The van der Waals surface area contributed by atoms with Gasteiger partial charge in [0.1, 0.15) is 12.0 Å². The molecule has 7 heteroatoms. The van der Waals surface area contributed by atoms with E-state index in [2.05, 4.69) is 9.84 Å². The summed E-state index contributed by atoms with van der Waals surface area (Å²) in [5.41, 5.74) is 1.15. The molecule has 0 saturated heterocycles. The minimum Gasteiger partial charge on any atom is -0.406 e. The second kappa shape index (κ2) is 5.36. The van der Waals surface area contributed by atoms with Crippen molar-refractivity contribution in [1.29, 1.82) is 0 Å². The maximum atomic E-state index is 12.2. The number of aryl methyl sites for hydroxylation is 1. The van der Waals surface area contributed by atoms with Gasteiger partial charge in [-0.15, -0.1) is 13.2 Å². The zero-order valence-corrected chi connectivity index (χ0v) is 10.5. The molecule has 4 nitrogen and oxygen atoms in total. The van der Waals surface area contributed by atoms with Gasteiger partial charge in [0.15, 0.2) is 0 Å². The Bertz CT molecular complexity index is 620. The molecule has 0 bridgehead atoms. The SMILES string of the molecule is CCn1cc(-c2cc(C=O)cc(OC(F)(F)F)c2)cn1. The molecule has 0 aliphatic carbocycles. The molecule has 0 atom stereocenters. The highest BCUT2D eigenvalue weighted by molar-refractivity contribution is 5.80. The Morgan fingerprint density at radius 3 is 2.60 bits per heavy atom. The first-order chi connectivity index (χ1) is 9.41. The van der Waals surface area contributed by atoms with Crippen molar-refractivity contribution in [2.45, 2.75) is 19.8 Å². The fourth-order valence-corrected chi connectivity index (χ4v) is 1.73. The molecule has 0 amide bonds. The van der Waals surface area contributed by atoms with Crippen LogP contribution in [-0.2, 0) is 6.54 Å². The number of rotatable bonds is 4. The Morgan fingerprint density at radius 1 is 1.30 bits per heavy atom. The van der Waals surface area contributed by atoms with Gasteiger partial charge < -0.3 is 4.74 Å². The number of hydrogen-bond acceptors (Lipinski definition) is 3. The number of benzene rings is 1. The van der Waals surface area contributed by atoms with E-state index < -0.39 is 12.1 Å².